The topological polar surface area (TPSA) is 42.0 Å². The molecule has 3 rings (SSSR count). The number of hydrogen-bond donors (Lipinski definition) is 1. The van der Waals surface area contributed by atoms with E-state index in [1.165, 1.54) is 9.60 Å². The summed E-state index contributed by atoms with van der Waals surface area (Å²) in [5.74, 6) is 0.0583. The van der Waals surface area contributed by atoms with Gasteiger partial charge in [-0.2, -0.15) is 0 Å². The molecule has 3 nitrogen and oxygen atoms in total. The Morgan fingerprint density at radius 1 is 1.17 bits per heavy atom. The van der Waals surface area contributed by atoms with Crippen molar-refractivity contribution >= 4 is 44.9 Å². The number of rotatable bonds is 6. The Bertz CT molecular complexity index is 763. The first kappa shape index (κ1) is 16.0. The Hall–Kier alpha value is -1.85. The number of para-hydroxylation sites is 1. The van der Waals surface area contributed by atoms with Crippen molar-refractivity contribution in [2.24, 2.45) is 0 Å². The van der Waals surface area contributed by atoms with Crippen LogP contribution in [0.5, 0.6) is 0 Å². The molecule has 1 N–H and O–H groups in total. The molecule has 1 aromatic heterocycles. The van der Waals surface area contributed by atoms with Gasteiger partial charge in [0.2, 0.25) is 5.91 Å². The van der Waals surface area contributed by atoms with Crippen LogP contribution in [-0.4, -0.2) is 17.1 Å². The largest absolute Gasteiger partial charge is 0.326 e. The Morgan fingerprint density at radius 3 is 2.70 bits per heavy atom. The number of thiazole rings is 1. The highest BCUT2D eigenvalue weighted by atomic mass is 32.2. The smallest absolute Gasteiger partial charge is 0.224 e. The third-order valence-electron chi connectivity index (χ3n) is 3.51. The highest BCUT2D eigenvalue weighted by molar-refractivity contribution is 7.98. The van der Waals surface area contributed by atoms with E-state index in [0.29, 0.717) is 6.42 Å². The van der Waals surface area contributed by atoms with Crippen LogP contribution >= 0.6 is 23.1 Å². The number of carbonyl (C=O) groups excluding carboxylic acids is 1. The molecular formula is C18H18N2OS2. The van der Waals surface area contributed by atoms with Crippen molar-refractivity contribution in [2.45, 2.75) is 24.2 Å². The first-order valence-electron chi connectivity index (χ1n) is 7.53. The zero-order chi connectivity index (χ0) is 16.1. The summed E-state index contributed by atoms with van der Waals surface area (Å²) in [6.07, 6.45) is 4.21. The summed E-state index contributed by atoms with van der Waals surface area (Å²) in [5, 5.41) is 4.04. The number of hydrogen-bond acceptors (Lipinski definition) is 4. The molecule has 0 saturated carbocycles. The van der Waals surface area contributed by atoms with Crippen molar-refractivity contribution in [3.05, 3.63) is 53.5 Å². The fourth-order valence-electron chi connectivity index (χ4n) is 2.32. The van der Waals surface area contributed by atoms with E-state index in [1.807, 2.05) is 48.7 Å². The lowest BCUT2D eigenvalue weighted by Gasteiger charge is -2.05. The van der Waals surface area contributed by atoms with E-state index in [9.17, 15) is 4.79 Å². The van der Waals surface area contributed by atoms with E-state index >= 15 is 0 Å². The number of amides is 1. The molecule has 0 saturated heterocycles. The van der Waals surface area contributed by atoms with Crippen molar-refractivity contribution in [1.29, 1.82) is 0 Å². The van der Waals surface area contributed by atoms with Crippen molar-refractivity contribution in [3.8, 4) is 0 Å². The molecule has 0 aliphatic rings. The summed E-state index contributed by atoms with van der Waals surface area (Å²) >= 11 is 3.40. The summed E-state index contributed by atoms with van der Waals surface area (Å²) in [7, 11) is 0. The van der Waals surface area contributed by atoms with Crippen LogP contribution < -0.4 is 5.32 Å². The first-order valence-corrected chi connectivity index (χ1v) is 9.57. The van der Waals surface area contributed by atoms with E-state index in [1.54, 1.807) is 23.1 Å². The summed E-state index contributed by atoms with van der Waals surface area (Å²) < 4.78 is 1.21. The van der Waals surface area contributed by atoms with Crippen molar-refractivity contribution < 1.29 is 4.79 Å². The minimum absolute atomic E-state index is 0.0583. The molecule has 0 fully saturated rings. The van der Waals surface area contributed by atoms with Gasteiger partial charge >= 0.3 is 0 Å². The second-order valence-electron chi connectivity index (χ2n) is 5.21. The standard InChI is InChI=1S/C18H18N2OS2/c1-22-14-11-9-13(10-12-14)19-17(21)7-4-8-18-20-15-5-2-3-6-16(15)23-18/h2-3,5-6,9-12H,4,7-8H2,1H3,(H,19,21). The highest BCUT2D eigenvalue weighted by Crippen LogP contribution is 2.23. The predicted molar refractivity (Wildman–Crippen MR) is 99.4 cm³/mol. The van der Waals surface area contributed by atoms with Crippen LogP contribution in [0.25, 0.3) is 10.2 Å². The number of carbonyl (C=O) groups is 1. The van der Waals surface area contributed by atoms with Crippen molar-refractivity contribution in [2.75, 3.05) is 11.6 Å². The van der Waals surface area contributed by atoms with E-state index in [0.717, 1.165) is 29.1 Å². The van der Waals surface area contributed by atoms with Crippen LogP contribution in [0.2, 0.25) is 0 Å². The maximum atomic E-state index is 12.0. The molecule has 1 heterocycles. The van der Waals surface area contributed by atoms with Crippen LogP contribution in [0.3, 0.4) is 0 Å². The number of nitrogens with one attached hydrogen (secondary N) is 1. The number of aryl methyl sites for hydroxylation is 1. The molecule has 0 bridgehead atoms. The molecular weight excluding hydrogens is 324 g/mol. The van der Waals surface area contributed by atoms with Crippen LogP contribution in [0, 0.1) is 0 Å². The number of fused-ring (bicyclic) bond motifs is 1. The first-order chi connectivity index (χ1) is 11.2. The van der Waals surface area contributed by atoms with E-state index in [2.05, 4.69) is 16.4 Å². The second kappa shape index (κ2) is 7.62. The minimum atomic E-state index is 0.0583. The Labute approximate surface area is 144 Å². The van der Waals surface area contributed by atoms with Gasteiger partial charge in [0.1, 0.15) is 0 Å². The van der Waals surface area contributed by atoms with Crippen LogP contribution in [0.1, 0.15) is 17.8 Å². The number of nitrogens with zero attached hydrogens (tertiary/aromatic N) is 1. The van der Waals surface area contributed by atoms with Crippen LogP contribution in [0.15, 0.2) is 53.4 Å². The molecule has 0 spiro atoms. The van der Waals surface area contributed by atoms with Gasteiger partial charge in [-0.05, 0) is 55.5 Å². The van der Waals surface area contributed by atoms with Crippen LogP contribution in [0.4, 0.5) is 5.69 Å². The van der Waals surface area contributed by atoms with E-state index in [-0.39, 0.29) is 5.91 Å². The highest BCUT2D eigenvalue weighted by Gasteiger charge is 2.06. The lowest BCUT2D eigenvalue weighted by atomic mass is 10.2. The van der Waals surface area contributed by atoms with E-state index < -0.39 is 0 Å². The quantitative estimate of drug-likeness (QED) is 0.642. The summed E-state index contributed by atoms with van der Waals surface area (Å²) in [5.41, 5.74) is 1.90. The van der Waals surface area contributed by atoms with Crippen molar-refractivity contribution in [1.82, 2.24) is 4.98 Å². The second-order valence-corrected chi connectivity index (χ2v) is 7.20. The summed E-state index contributed by atoms with van der Waals surface area (Å²) in [4.78, 5) is 17.8. The molecule has 5 heteroatoms. The lowest BCUT2D eigenvalue weighted by Crippen LogP contribution is -2.11. The zero-order valence-corrected chi connectivity index (χ0v) is 14.5. The zero-order valence-electron chi connectivity index (χ0n) is 12.9. The number of benzene rings is 2. The molecule has 0 aliphatic heterocycles. The normalized spacial score (nSPS) is 10.8. The minimum Gasteiger partial charge on any atom is -0.326 e. The van der Waals surface area contributed by atoms with Gasteiger partial charge in [-0.1, -0.05) is 12.1 Å². The molecule has 23 heavy (non-hydrogen) atoms. The van der Waals surface area contributed by atoms with Gasteiger partial charge in [0.05, 0.1) is 15.2 Å². The lowest BCUT2D eigenvalue weighted by molar-refractivity contribution is -0.116. The van der Waals surface area contributed by atoms with Gasteiger partial charge < -0.3 is 5.32 Å². The van der Waals surface area contributed by atoms with Gasteiger partial charge in [-0.15, -0.1) is 23.1 Å². The van der Waals surface area contributed by atoms with Gasteiger partial charge in [-0.25, -0.2) is 4.98 Å². The Kier molecular flexibility index (Phi) is 5.31. The fourth-order valence-corrected chi connectivity index (χ4v) is 3.74. The SMILES string of the molecule is CSc1ccc(NC(=O)CCCc2nc3ccccc3s2)cc1. The monoisotopic (exact) mass is 342 g/mol. The maximum absolute atomic E-state index is 12.0. The molecule has 1 amide bonds. The molecule has 118 valence electrons. The molecule has 3 aromatic rings. The average Bonchev–Trinajstić information content (AvgIpc) is 2.98. The third-order valence-corrected chi connectivity index (χ3v) is 5.35. The third kappa shape index (κ3) is 4.33. The Morgan fingerprint density at radius 2 is 1.96 bits per heavy atom. The molecule has 0 aliphatic carbocycles. The van der Waals surface area contributed by atoms with Gasteiger partial charge in [-0.3, -0.25) is 4.79 Å². The molecule has 0 radical (unpaired) electrons. The van der Waals surface area contributed by atoms with Crippen LogP contribution in [-0.2, 0) is 11.2 Å². The maximum Gasteiger partial charge on any atom is 0.224 e. The Balaban J connectivity index is 1.48. The number of anilines is 1. The molecule has 0 atom stereocenters. The summed E-state index contributed by atoms with van der Waals surface area (Å²) in [6, 6.07) is 16.1. The summed E-state index contributed by atoms with van der Waals surface area (Å²) in [6.45, 7) is 0. The van der Waals surface area contributed by atoms with E-state index in [4.69, 9.17) is 0 Å². The molecule has 2 aromatic carbocycles. The number of aromatic nitrogens is 1. The van der Waals surface area contributed by atoms with Crippen molar-refractivity contribution in [3.63, 3.8) is 0 Å². The van der Waals surface area contributed by atoms with Gasteiger partial charge in [0.25, 0.3) is 0 Å². The fraction of sp³-hybridized carbons (Fsp3) is 0.222. The van der Waals surface area contributed by atoms with Gasteiger partial charge in [0.15, 0.2) is 0 Å². The predicted octanol–water partition coefficient (Wildman–Crippen LogP) is 4.98. The average molecular weight is 342 g/mol. The number of thioether (sulfide) groups is 1. The molecule has 0 unspecified atom stereocenters. The van der Waals surface area contributed by atoms with Gasteiger partial charge in [0, 0.05) is 17.0 Å².